The average Bonchev–Trinajstić information content (AvgIpc) is 2.54. The highest BCUT2D eigenvalue weighted by Gasteiger charge is 2.26. The van der Waals surface area contributed by atoms with Crippen molar-refractivity contribution in [3.05, 3.63) is 41.8 Å². The van der Waals surface area contributed by atoms with Crippen LogP contribution in [0.5, 0.6) is 0 Å². The van der Waals surface area contributed by atoms with Crippen molar-refractivity contribution >= 4 is 20.9 Å². The summed E-state index contributed by atoms with van der Waals surface area (Å²) in [6.45, 7) is 1.51. The first-order valence-corrected chi connectivity index (χ1v) is 8.83. The second kappa shape index (κ2) is 6.28. The van der Waals surface area contributed by atoms with Crippen molar-refractivity contribution in [2.75, 3.05) is 13.1 Å². The highest BCUT2D eigenvalue weighted by atomic mass is 32.2. The molecule has 0 bridgehead atoms. The van der Waals surface area contributed by atoms with Crippen LogP contribution in [-0.4, -0.2) is 31.7 Å². The largest absolute Gasteiger partial charge is 0.315 e. The highest BCUT2D eigenvalue weighted by Crippen LogP contribution is 2.17. The number of pyridine rings is 1. The van der Waals surface area contributed by atoms with Crippen LogP contribution >= 0.6 is 0 Å². The van der Waals surface area contributed by atoms with E-state index in [1.165, 1.54) is 12.3 Å². The van der Waals surface area contributed by atoms with Gasteiger partial charge in [0.05, 0.1) is 5.25 Å². The van der Waals surface area contributed by atoms with E-state index in [0.29, 0.717) is 29.4 Å². The number of sulfonamides is 1. The molecule has 0 spiro atoms. The molecule has 0 radical (unpaired) electrons. The third-order valence-electron chi connectivity index (χ3n) is 3.89. The van der Waals surface area contributed by atoms with Crippen LogP contribution in [0.2, 0.25) is 0 Å². The number of nitrogens with zero attached hydrogens (tertiary/aromatic N) is 1. The first-order valence-electron chi connectivity index (χ1n) is 7.28. The zero-order chi connectivity index (χ0) is 15.6. The summed E-state index contributed by atoms with van der Waals surface area (Å²) in [5, 5.41) is 3.36. The Morgan fingerprint density at radius 3 is 3.05 bits per heavy atom. The van der Waals surface area contributed by atoms with E-state index >= 15 is 0 Å². The van der Waals surface area contributed by atoms with Gasteiger partial charge in [-0.3, -0.25) is 4.98 Å². The molecule has 1 aromatic heterocycles. The molecule has 3 rings (SSSR count). The second-order valence-corrected chi connectivity index (χ2v) is 7.53. The molecule has 2 heterocycles. The maximum Gasteiger partial charge on any atom is 0.216 e. The maximum atomic E-state index is 13.6. The van der Waals surface area contributed by atoms with E-state index < -0.39 is 15.3 Å². The molecule has 7 heteroatoms. The third-order valence-corrected chi connectivity index (χ3v) is 5.71. The number of nitrogens with one attached hydrogen (secondary N) is 2. The van der Waals surface area contributed by atoms with Crippen LogP contribution in [0.3, 0.4) is 0 Å². The minimum atomic E-state index is -3.36. The Labute approximate surface area is 129 Å². The van der Waals surface area contributed by atoms with Gasteiger partial charge in [0, 0.05) is 24.7 Å². The fraction of sp³-hybridized carbons (Fsp3) is 0.400. The molecule has 2 aromatic rings. The lowest BCUT2D eigenvalue weighted by Gasteiger charge is -2.23. The molecule has 22 heavy (non-hydrogen) atoms. The van der Waals surface area contributed by atoms with E-state index in [-0.39, 0.29) is 12.4 Å². The van der Waals surface area contributed by atoms with E-state index in [4.69, 9.17) is 0 Å². The molecule has 1 saturated heterocycles. The van der Waals surface area contributed by atoms with Crippen molar-refractivity contribution in [3.63, 3.8) is 0 Å². The smallest absolute Gasteiger partial charge is 0.216 e. The summed E-state index contributed by atoms with van der Waals surface area (Å²) in [5.41, 5.74) is 1.01. The van der Waals surface area contributed by atoms with Crippen LogP contribution in [-0.2, 0) is 16.6 Å². The van der Waals surface area contributed by atoms with Crippen molar-refractivity contribution in [2.45, 2.75) is 24.6 Å². The van der Waals surface area contributed by atoms with Gasteiger partial charge in [-0.15, -0.1) is 0 Å². The number of piperidine rings is 1. The quantitative estimate of drug-likeness (QED) is 0.895. The molecule has 0 saturated carbocycles. The normalized spacial score (nSPS) is 19.4. The summed E-state index contributed by atoms with van der Waals surface area (Å²) in [4.78, 5) is 4.07. The SMILES string of the molecule is O=S(=O)(NCc1cnc2c(F)cccc2c1)C1CCCNC1. The van der Waals surface area contributed by atoms with Crippen molar-refractivity contribution in [1.29, 1.82) is 0 Å². The van der Waals surface area contributed by atoms with Crippen molar-refractivity contribution in [3.8, 4) is 0 Å². The van der Waals surface area contributed by atoms with Crippen LogP contribution in [0.25, 0.3) is 10.9 Å². The van der Waals surface area contributed by atoms with Crippen LogP contribution < -0.4 is 10.0 Å². The van der Waals surface area contributed by atoms with Gasteiger partial charge in [0.15, 0.2) is 0 Å². The number of halogens is 1. The Kier molecular flexibility index (Phi) is 4.37. The molecule has 1 aliphatic rings. The van der Waals surface area contributed by atoms with Gasteiger partial charge >= 0.3 is 0 Å². The van der Waals surface area contributed by atoms with E-state index in [9.17, 15) is 12.8 Å². The summed E-state index contributed by atoms with van der Waals surface area (Å²) in [6, 6.07) is 6.48. The fourth-order valence-electron chi connectivity index (χ4n) is 2.65. The average molecular weight is 323 g/mol. The minimum absolute atomic E-state index is 0.165. The fourth-order valence-corrected chi connectivity index (χ4v) is 4.07. The van der Waals surface area contributed by atoms with Crippen LogP contribution in [0.1, 0.15) is 18.4 Å². The number of hydrogen-bond acceptors (Lipinski definition) is 4. The van der Waals surface area contributed by atoms with Crippen LogP contribution in [0.4, 0.5) is 4.39 Å². The third kappa shape index (κ3) is 3.26. The monoisotopic (exact) mass is 323 g/mol. The first kappa shape index (κ1) is 15.3. The molecular weight excluding hydrogens is 305 g/mol. The Morgan fingerprint density at radius 2 is 2.27 bits per heavy atom. The lowest BCUT2D eigenvalue weighted by atomic mass is 10.1. The van der Waals surface area contributed by atoms with Gasteiger partial charge in [0.1, 0.15) is 11.3 Å². The number of aromatic nitrogens is 1. The van der Waals surface area contributed by atoms with Gasteiger partial charge in [0.25, 0.3) is 0 Å². The molecule has 2 N–H and O–H groups in total. The Morgan fingerprint density at radius 1 is 1.41 bits per heavy atom. The van der Waals surface area contributed by atoms with Gasteiger partial charge in [-0.25, -0.2) is 17.5 Å². The van der Waals surface area contributed by atoms with Crippen molar-refractivity contribution < 1.29 is 12.8 Å². The summed E-state index contributed by atoms with van der Waals surface area (Å²) in [6.07, 6.45) is 3.04. The van der Waals surface area contributed by atoms with Crippen molar-refractivity contribution in [2.24, 2.45) is 0 Å². The van der Waals surface area contributed by atoms with E-state index in [0.717, 1.165) is 13.0 Å². The van der Waals surface area contributed by atoms with Crippen LogP contribution in [0, 0.1) is 5.82 Å². The molecule has 1 unspecified atom stereocenters. The van der Waals surface area contributed by atoms with E-state index in [1.807, 2.05) is 0 Å². The molecule has 1 fully saturated rings. The van der Waals surface area contributed by atoms with E-state index in [1.54, 1.807) is 18.2 Å². The summed E-state index contributed by atoms with van der Waals surface area (Å²) >= 11 is 0. The predicted molar refractivity (Wildman–Crippen MR) is 83.4 cm³/mol. The Bertz CT molecular complexity index is 773. The highest BCUT2D eigenvalue weighted by molar-refractivity contribution is 7.90. The van der Waals surface area contributed by atoms with Gasteiger partial charge in [0.2, 0.25) is 10.0 Å². The molecule has 1 aliphatic heterocycles. The minimum Gasteiger partial charge on any atom is -0.315 e. The summed E-state index contributed by atoms with van der Waals surface area (Å²) in [5.74, 6) is -0.377. The first-order chi connectivity index (χ1) is 10.6. The second-order valence-electron chi connectivity index (χ2n) is 5.49. The standard InChI is InChI=1S/C15H18FN3O2S/c16-14-5-1-3-12-7-11(8-18-15(12)14)9-19-22(20,21)13-4-2-6-17-10-13/h1,3,5,7-8,13,17,19H,2,4,6,9-10H2. The summed E-state index contributed by atoms with van der Waals surface area (Å²) in [7, 11) is -3.36. The zero-order valence-corrected chi connectivity index (χ0v) is 12.9. The lowest BCUT2D eigenvalue weighted by molar-refractivity contribution is 0.490. The molecule has 1 atom stereocenters. The maximum absolute atomic E-state index is 13.6. The summed E-state index contributed by atoms with van der Waals surface area (Å²) < 4.78 is 40.7. The van der Waals surface area contributed by atoms with Gasteiger partial charge in [-0.1, -0.05) is 12.1 Å². The van der Waals surface area contributed by atoms with Gasteiger partial charge in [-0.2, -0.15) is 0 Å². The van der Waals surface area contributed by atoms with Crippen LogP contribution in [0.15, 0.2) is 30.5 Å². The van der Waals surface area contributed by atoms with E-state index in [2.05, 4.69) is 15.0 Å². The lowest BCUT2D eigenvalue weighted by Crippen LogP contribution is -2.44. The number of rotatable bonds is 4. The number of hydrogen-bond donors (Lipinski definition) is 2. The molecule has 0 aliphatic carbocycles. The van der Waals surface area contributed by atoms with Gasteiger partial charge in [-0.05, 0) is 37.1 Å². The van der Waals surface area contributed by atoms with Crippen molar-refractivity contribution in [1.82, 2.24) is 15.0 Å². The Balaban J connectivity index is 1.73. The number of para-hydroxylation sites is 1. The molecule has 118 valence electrons. The van der Waals surface area contributed by atoms with Gasteiger partial charge < -0.3 is 5.32 Å². The number of benzene rings is 1. The predicted octanol–water partition coefficient (Wildman–Crippen LogP) is 1.55. The topological polar surface area (TPSA) is 71.1 Å². The molecule has 1 aromatic carbocycles. The Hall–Kier alpha value is -1.57. The number of fused-ring (bicyclic) bond motifs is 1. The molecule has 0 amide bonds. The molecule has 5 nitrogen and oxygen atoms in total. The zero-order valence-electron chi connectivity index (χ0n) is 12.0. The molecular formula is C15H18FN3O2S.